The average molecular weight is 227 g/mol. The minimum atomic E-state index is 0.0465. The molecule has 1 amide bonds. The highest BCUT2D eigenvalue weighted by atomic mass is 16.5. The fourth-order valence-electron chi connectivity index (χ4n) is 1.26. The maximum absolute atomic E-state index is 11.8. The Bertz CT molecular complexity index is 238. The van der Waals surface area contributed by atoms with Crippen molar-refractivity contribution >= 4 is 5.91 Å². The van der Waals surface area contributed by atoms with E-state index in [2.05, 4.69) is 0 Å². The number of carbonyl (C=O) groups is 1. The van der Waals surface area contributed by atoms with Crippen LogP contribution in [0.25, 0.3) is 0 Å². The predicted molar refractivity (Wildman–Crippen MR) is 61.5 cm³/mol. The number of amides is 1. The van der Waals surface area contributed by atoms with Gasteiger partial charge < -0.3 is 15.4 Å². The Balaban J connectivity index is 4.14. The first-order chi connectivity index (χ1) is 7.65. The summed E-state index contributed by atoms with van der Waals surface area (Å²) >= 11 is 0. The topological polar surface area (TPSA) is 79.3 Å². The Morgan fingerprint density at radius 2 is 2.25 bits per heavy atom. The lowest BCUT2D eigenvalue weighted by Gasteiger charge is -2.22. The molecule has 1 atom stereocenters. The Labute approximate surface area is 97.2 Å². The van der Waals surface area contributed by atoms with Crippen LogP contribution in [0.1, 0.15) is 19.8 Å². The molecule has 0 aliphatic heterocycles. The van der Waals surface area contributed by atoms with Crippen LogP contribution in [0, 0.1) is 17.2 Å². The van der Waals surface area contributed by atoms with E-state index in [1.54, 1.807) is 12.0 Å². The van der Waals surface area contributed by atoms with E-state index in [1.807, 2.05) is 13.0 Å². The van der Waals surface area contributed by atoms with Crippen LogP contribution in [0.15, 0.2) is 0 Å². The second-order valence-corrected chi connectivity index (χ2v) is 3.83. The molecule has 0 saturated carbocycles. The molecule has 0 spiro atoms. The molecule has 5 nitrogen and oxygen atoms in total. The van der Waals surface area contributed by atoms with E-state index < -0.39 is 0 Å². The van der Waals surface area contributed by atoms with Gasteiger partial charge in [0.15, 0.2) is 0 Å². The number of carbonyl (C=O) groups excluding carboxylic acids is 1. The smallest absolute Gasteiger partial charge is 0.222 e. The minimum absolute atomic E-state index is 0.0465. The second-order valence-electron chi connectivity index (χ2n) is 3.83. The third-order valence-corrected chi connectivity index (χ3v) is 2.34. The van der Waals surface area contributed by atoms with E-state index in [-0.39, 0.29) is 11.8 Å². The van der Waals surface area contributed by atoms with Crippen LogP contribution in [0.4, 0.5) is 0 Å². The SMILES string of the molecule is COCCN(CCC#N)C(=O)CC(C)CN. The first-order valence-corrected chi connectivity index (χ1v) is 5.49. The summed E-state index contributed by atoms with van der Waals surface area (Å²) in [5.74, 6) is 0.227. The summed E-state index contributed by atoms with van der Waals surface area (Å²) in [6, 6.07) is 2.04. The number of nitrogens with two attached hydrogens (primary N) is 1. The van der Waals surface area contributed by atoms with Gasteiger partial charge >= 0.3 is 0 Å². The molecule has 16 heavy (non-hydrogen) atoms. The molecule has 0 aliphatic rings. The Morgan fingerprint density at radius 1 is 1.56 bits per heavy atom. The molecule has 0 bridgehead atoms. The van der Waals surface area contributed by atoms with Crippen molar-refractivity contribution in [2.24, 2.45) is 11.7 Å². The predicted octanol–water partition coefficient (Wildman–Crippen LogP) is 0.360. The molecule has 0 aromatic heterocycles. The van der Waals surface area contributed by atoms with Crippen molar-refractivity contribution in [2.45, 2.75) is 19.8 Å². The highest BCUT2D eigenvalue weighted by molar-refractivity contribution is 5.76. The third-order valence-electron chi connectivity index (χ3n) is 2.34. The molecular weight excluding hydrogens is 206 g/mol. The van der Waals surface area contributed by atoms with Crippen molar-refractivity contribution < 1.29 is 9.53 Å². The van der Waals surface area contributed by atoms with Crippen LogP contribution in [-0.4, -0.2) is 44.2 Å². The quantitative estimate of drug-likeness (QED) is 0.649. The number of nitriles is 1. The van der Waals surface area contributed by atoms with Crippen LogP contribution in [0.3, 0.4) is 0 Å². The Kier molecular flexibility index (Phi) is 8.49. The van der Waals surface area contributed by atoms with Gasteiger partial charge in [-0.1, -0.05) is 6.92 Å². The van der Waals surface area contributed by atoms with Crippen LogP contribution in [-0.2, 0) is 9.53 Å². The molecule has 2 N–H and O–H groups in total. The fraction of sp³-hybridized carbons (Fsp3) is 0.818. The van der Waals surface area contributed by atoms with E-state index in [1.165, 1.54) is 0 Å². The first kappa shape index (κ1) is 14.9. The minimum Gasteiger partial charge on any atom is -0.383 e. The van der Waals surface area contributed by atoms with Gasteiger partial charge in [-0.3, -0.25) is 4.79 Å². The van der Waals surface area contributed by atoms with Crippen molar-refractivity contribution in [1.82, 2.24) is 4.90 Å². The lowest BCUT2D eigenvalue weighted by Crippen LogP contribution is -2.36. The van der Waals surface area contributed by atoms with Crippen molar-refractivity contribution in [2.75, 3.05) is 33.4 Å². The molecule has 0 heterocycles. The zero-order valence-electron chi connectivity index (χ0n) is 10.1. The molecule has 0 fully saturated rings. The zero-order chi connectivity index (χ0) is 12.4. The third kappa shape index (κ3) is 6.38. The van der Waals surface area contributed by atoms with Gasteiger partial charge in [0.2, 0.25) is 5.91 Å². The van der Waals surface area contributed by atoms with Gasteiger partial charge in [0, 0.05) is 26.6 Å². The number of rotatable bonds is 8. The van der Waals surface area contributed by atoms with Gasteiger partial charge in [-0.2, -0.15) is 5.26 Å². The summed E-state index contributed by atoms with van der Waals surface area (Å²) in [7, 11) is 1.59. The molecule has 0 rings (SSSR count). The van der Waals surface area contributed by atoms with Gasteiger partial charge in [-0.25, -0.2) is 0 Å². The van der Waals surface area contributed by atoms with Gasteiger partial charge in [-0.05, 0) is 12.5 Å². The van der Waals surface area contributed by atoms with Crippen LogP contribution < -0.4 is 5.73 Å². The molecule has 5 heteroatoms. The summed E-state index contributed by atoms with van der Waals surface area (Å²) < 4.78 is 4.93. The van der Waals surface area contributed by atoms with E-state index >= 15 is 0 Å². The summed E-state index contributed by atoms with van der Waals surface area (Å²) in [5.41, 5.74) is 5.47. The second kappa shape index (κ2) is 9.13. The van der Waals surface area contributed by atoms with Crippen LogP contribution in [0.2, 0.25) is 0 Å². The van der Waals surface area contributed by atoms with Crippen LogP contribution in [0.5, 0.6) is 0 Å². The van der Waals surface area contributed by atoms with Gasteiger partial charge in [0.25, 0.3) is 0 Å². The van der Waals surface area contributed by atoms with Crippen molar-refractivity contribution in [3.05, 3.63) is 0 Å². The highest BCUT2D eigenvalue weighted by Gasteiger charge is 2.15. The number of nitrogens with zero attached hydrogens (tertiary/aromatic N) is 2. The number of ether oxygens (including phenoxy) is 1. The number of hydrogen-bond donors (Lipinski definition) is 1. The van der Waals surface area contributed by atoms with Crippen molar-refractivity contribution in [3.8, 4) is 6.07 Å². The number of hydrogen-bond acceptors (Lipinski definition) is 4. The normalized spacial score (nSPS) is 11.9. The van der Waals surface area contributed by atoms with E-state index in [9.17, 15) is 4.79 Å². The van der Waals surface area contributed by atoms with Crippen LogP contribution >= 0.6 is 0 Å². The molecule has 92 valence electrons. The Morgan fingerprint density at radius 3 is 2.75 bits per heavy atom. The molecule has 0 aromatic rings. The highest BCUT2D eigenvalue weighted by Crippen LogP contribution is 2.04. The maximum Gasteiger partial charge on any atom is 0.222 e. The lowest BCUT2D eigenvalue weighted by molar-refractivity contribution is -0.132. The van der Waals surface area contributed by atoms with Crippen molar-refractivity contribution in [1.29, 1.82) is 5.26 Å². The monoisotopic (exact) mass is 227 g/mol. The molecule has 0 aromatic carbocycles. The lowest BCUT2D eigenvalue weighted by atomic mass is 10.1. The summed E-state index contributed by atoms with van der Waals surface area (Å²) in [5, 5.41) is 8.51. The van der Waals surface area contributed by atoms with Gasteiger partial charge in [0.05, 0.1) is 19.1 Å². The summed E-state index contributed by atoms with van der Waals surface area (Å²) in [4.78, 5) is 13.5. The number of methoxy groups -OCH3 is 1. The van der Waals surface area contributed by atoms with E-state index in [0.717, 1.165) is 0 Å². The molecule has 1 unspecified atom stereocenters. The average Bonchev–Trinajstić information content (AvgIpc) is 2.28. The summed E-state index contributed by atoms with van der Waals surface area (Å²) in [6.07, 6.45) is 0.790. The molecular formula is C11H21N3O2. The molecule has 0 aliphatic carbocycles. The summed E-state index contributed by atoms with van der Waals surface area (Å²) in [6.45, 7) is 3.94. The first-order valence-electron chi connectivity index (χ1n) is 5.49. The molecule has 0 saturated heterocycles. The largest absolute Gasteiger partial charge is 0.383 e. The van der Waals surface area contributed by atoms with Crippen molar-refractivity contribution in [3.63, 3.8) is 0 Å². The standard InChI is InChI=1S/C11H21N3O2/c1-10(9-13)8-11(15)14(5-3-4-12)6-7-16-2/h10H,3,5-9,13H2,1-2H3. The fourth-order valence-corrected chi connectivity index (χ4v) is 1.26. The van der Waals surface area contributed by atoms with E-state index in [0.29, 0.717) is 39.1 Å². The van der Waals surface area contributed by atoms with Gasteiger partial charge in [-0.15, -0.1) is 0 Å². The maximum atomic E-state index is 11.8. The van der Waals surface area contributed by atoms with E-state index in [4.69, 9.17) is 15.7 Å². The zero-order valence-corrected chi connectivity index (χ0v) is 10.1. The Hall–Kier alpha value is -1.12. The van der Waals surface area contributed by atoms with Gasteiger partial charge in [0.1, 0.15) is 0 Å². The molecule has 0 radical (unpaired) electrons.